The highest BCUT2D eigenvalue weighted by Crippen LogP contribution is 2.49. The van der Waals surface area contributed by atoms with E-state index in [9.17, 15) is 25.1 Å². The van der Waals surface area contributed by atoms with Gasteiger partial charge in [-0.3, -0.25) is 19.8 Å². The van der Waals surface area contributed by atoms with Crippen molar-refractivity contribution >= 4 is 72.8 Å². The lowest BCUT2D eigenvalue weighted by Gasteiger charge is -2.26. The second-order valence-corrected chi connectivity index (χ2v) is 11.1. The molecule has 14 heteroatoms. The molecular weight excluding hydrogens is 578 g/mol. The number of hydrogen-bond donors (Lipinski definition) is 2. The van der Waals surface area contributed by atoms with E-state index in [4.69, 9.17) is 0 Å². The summed E-state index contributed by atoms with van der Waals surface area (Å²) in [7, 11) is 0. The van der Waals surface area contributed by atoms with E-state index in [1.54, 1.807) is 12.1 Å². The Labute approximate surface area is 245 Å². The van der Waals surface area contributed by atoms with Gasteiger partial charge in [0.2, 0.25) is 11.0 Å². The number of rotatable bonds is 7. The molecular formula is C28H19N7O5S2. The van der Waals surface area contributed by atoms with Gasteiger partial charge in [-0.1, -0.05) is 23.5 Å². The van der Waals surface area contributed by atoms with E-state index >= 15 is 0 Å². The van der Waals surface area contributed by atoms with Gasteiger partial charge < -0.3 is 10.2 Å². The molecule has 1 aromatic heterocycles. The quantitative estimate of drug-likeness (QED) is 0.108. The Morgan fingerprint density at radius 3 is 2.45 bits per heavy atom. The fourth-order valence-electron chi connectivity index (χ4n) is 4.26. The minimum atomic E-state index is -0.662. The Balaban J connectivity index is 1.31. The third-order valence-corrected chi connectivity index (χ3v) is 8.35. The van der Waals surface area contributed by atoms with Crippen LogP contribution < -0.4 is 4.90 Å². The molecule has 5 aromatic rings. The fraction of sp³-hybridized carbons (Fsp3) is 0.0714. The zero-order valence-electron chi connectivity index (χ0n) is 21.4. The second kappa shape index (κ2) is 11.3. The number of benzene rings is 4. The van der Waals surface area contributed by atoms with Crippen molar-refractivity contribution in [3.8, 4) is 11.5 Å². The van der Waals surface area contributed by atoms with Gasteiger partial charge >= 0.3 is 0 Å². The minimum absolute atomic E-state index is 0.0413. The lowest BCUT2D eigenvalue weighted by Crippen LogP contribution is -2.27. The number of nitro benzene ring substituents is 1. The molecule has 42 heavy (non-hydrogen) atoms. The van der Waals surface area contributed by atoms with Gasteiger partial charge in [0.15, 0.2) is 0 Å². The Bertz CT molecular complexity index is 1860. The summed E-state index contributed by atoms with van der Waals surface area (Å²) in [6, 6.07) is 22.3. The molecule has 0 saturated carbocycles. The molecule has 0 aliphatic carbocycles. The van der Waals surface area contributed by atoms with E-state index < -0.39 is 10.3 Å². The topological polar surface area (TPSA) is 166 Å². The number of nitro groups is 1. The summed E-state index contributed by atoms with van der Waals surface area (Å²) >= 11 is 2.70. The molecule has 1 saturated heterocycles. The van der Waals surface area contributed by atoms with Crippen LogP contribution in [0, 0.1) is 10.1 Å². The van der Waals surface area contributed by atoms with Crippen molar-refractivity contribution in [3.63, 3.8) is 0 Å². The van der Waals surface area contributed by atoms with Crippen LogP contribution in [0.4, 0.5) is 33.6 Å². The maximum atomic E-state index is 13.1. The zero-order chi connectivity index (χ0) is 29.2. The smallest absolute Gasteiger partial charge is 0.269 e. The number of amides is 1. The van der Waals surface area contributed by atoms with Crippen molar-refractivity contribution in [1.29, 1.82) is 0 Å². The van der Waals surface area contributed by atoms with Gasteiger partial charge in [0.05, 0.1) is 38.0 Å². The number of thioether (sulfide) groups is 1. The molecule has 0 spiro atoms. The lowest BCUT2D eigenvalue weighted by molar-refractivity contribution is -0.384. The maximum absolute atomic E-state index is 13.1. The predicted molar refractivity (Wildman–Crippen MR) is 160 cm³/mol. The molecule has 1 unspecified atom stereocenters. The highest BCUT2D eigenvalue weighted by molar-refractivity contribution is 8.00. The number of non-ortho nitro benzene ring substituents is 1. The van der Waals surface area contributed by atoms with Gasteiger partial charge in [-0.05, 0) is 54.6 Å². The van der Waals surface area contributed by atoms with Gasteiger partial charge in [0.1, 0.15) is 22.6 Å². The first-order valence-corrected chi connectivity index (χ1v) is 14.3. The molecule has 1 aliphatic heterocycles. The summed E-state index contributed by atoms with van der Waals surface area (Å²) in [6.07, 6.45) is 0. The summed E-state index contributed by atoms with van der Waals surface area (Å²) in [5, 5.41) is 48.8. The van der Waals surface area contributed by atoms with Gasteiger partial charge in [0.25, 0.3) is 5.69 Å². The number of hydrogen-bond acceptors (Lipinski definition) is 12. The maximum Gasteiger partial charge on any atom is 0.269 e. The van der Waals surface area contributed by atoms with E-state index in [0.717, 1.165) is 10.2 Å². The number of azo groups is 2. The molecule has 1 aliphatic rings. The highest BCUT2D eigenvalue weighted by Gasteiger charge is 2.37. The second-order valence-electron chi connectivity index (χ2n) is 8.98. The molecule has 2 heterocycles. The van der Waals surface area contributed by atoms with Crippen LogP contribution in [-0.2, 0) is 4.79 Å². The van der Waals surface area contributed by atoms with Crippen LogP contribution in [0.2, 0.25) is 0 Å². The number of thiazole rings is 1. The highest BCUT2D eigenvalue weighted by atomic mass is 32.2. The summed E-state index contributed by atoms with van der Waals surface area (Å²) < 4.78 is 0.988. The van der Waals surface area contributed by atoms with Gasteiger partial charge in [-0.25, -0.2) is 4.98 Å². The van der Waals surface area contributed by atoms with Crippen LogP contribution >= 0.6 is 23.1 Å². The molecule has 1 atom stereocenters. The van der Waals surface area contributed by atoms with E-state index in [0.29, 0.717) is 22.1 Å². The Morgan fingerprint density at radius 1 is 0.905 bits per heavy atom. The molecule has 0 radical (unpaired) electrons. The minimum Gasteiger partial charge on any atom is -0.508 e. The molecule has 4 aromatic carbocycles. The van der Waals surface area contributed by atoms with Crippen molar-refractivity contribution in [3.05, 3.63) is 101 Å². The van der Waals surface area contributed by atoms with Crippen LogP contribution in [0.15, 0.2) is 105 Å². The van der Waals surface area contributed by atoms with Crippen molar-refractivity contribution < 1.29 is 19.9 Å². The van der Waals surface area contributed by atoms with Crippen LogP contribution in [-0.4, -0.2) is 31.8 Å². The molecule has 1 fully saturated rings. The lowest BCUT2D eigenvalue weighted by atomic mass is 10.1. The average molecular weight is 598 g/mol. The van der Waals surface area contributed by atoms with E-state index in [1.165, 1.54) is 76.5 Å². The Morgan fingerprint density at radius 2 is 1.67 bits per heavy atom. The number of para-hydroxylation sites is 1. The first kappa shape index (κ1) is 27.0. The number of phenolic OH excluding ortho intramolecular Hbond substituents is 2. The van der Waals surface area contributed by atoms with Crippen LogP contribution in [0.25, 0.3) is 10.2 Å². The normalized spacial score (nSPS) is 15.4. The predicted octanol–water partition coefficient (Wildman–Crippen LogP) is 8.23. The van der Waals surface area contributed by atoms with Crippen molar-refractivity contribution in [2.24, 2.45) is 20.5 Å². The molecule has 6 rings (SSSR count). The van der Waals surface area contributed by atoms with Gasteiger partial charge in [0, 0.05) is 23.8 Å². The standard InChI is InChI=1S/C28H19N7O5S2/c36-19-10-11-21(32-30-16-5-8-18(9-6-16)35(39)40)23(14-19)34-26(38)15-41-27(34)20-13-17(7-12-24(20)37)31-33-28-29-22-3-1-2-4-25(22)42-28/h1-14,27,36-37H,15H2. The van der Waals surface area contributed by atoms with E-state index in [1.807, 2.05) is 24.3 Å². The van der Waals surface area contributed by atoms with Crippen LogP contribution in [0.3, 0.4) is 0 Å². The van der Waals surface area contributed by atoms with Crippen molar-refractivity contribution in [2.45, 2.75) is 5.37 Å². The van der Waals surface area contributed by atoms with Crippen LogP contribution in [0.5, 0.6) is 11.5 Å². The van der Waals surface area contributed by atoms with Crippen LogP contribution in [0.1, 0.15) is 10.9 Å². The number of aromatic hydroxyl groups is 2. The number of anilines is 1. The van der Waals surface area contributed by atoms with E-state index in [2.05, 4.69) is 25.4 Å². The first-order chi connectivity index (χ1) is 20.4. The number of aromatic nitrogens is 1. The molecule has 208 valence electrons. The molecule has 1 amide bonds. The third-order valence-electron chi connectivity index (χ3n) is 6.23. The first-order valence-electron chi connectivity index (χ1n) is 12.4. The summed E-state index contributed by atoms with van der Waals surface area (Å²) in [5.41, 5.74) is 2.54. The number of phenols is 2. The number of fused-ring (bicyclic) bond motifs is 1. The largest absolute Gasteiger partial charge is 0.508 e. The number of carbonyl (C=O) groups excluding carboxylic acids is 1. The van der Waals surface area contributed by atoms with Gasteiger partial charge in [-0.15, -0.1) is 27.1 Å². The average Bonchev–Trinajstić information content (AvgIpc) is 3.59. The Kier molecular flexibility index (Phi) is 7.29. The van der Waals surface area contributed by atoms with Gasteiger partial charge in [-0.2, -0.15) is 5.11 Å². The van der Waals surface area contributed by atoms with Crippen molar-refractivity contribution in [1.82, 2.24) is 4.98 Å². The zero-order valence-corrected chi connectivity index (χ0v) is 23.1. The third kappa shape index (κ3) is 5.53. The summed E-state index contributed by atoms with van der Waals surface area (Å²) in [5.74, 6) is -0.273. The summed E-state index contributed by atoms with van der Waals surface area (Å²) in [6.45, 7) is 0. The molecule has 2 N–H and O–H groups in total. The molecule has 12 nitrogen and oxygen atoms in total. The van der Waals surface area contributed by atoms with Crippen molar-refractivity contribution in [2.75, 3.05) is 10.7 Å². The Hall–Kier alpha value is -5.21. The monoisotopic (exact) mass is 597 g/mol. The number of carbonyl (C=O) groups is 1. The fourth-order valence-corrected chi connectivity index (χ4v) is 6.24. The number of nitrogens with zero attached hydrogens (tertiary/aromatic N) is 7. The SMILES string of the molecule is O=C1CSC(c2cc(N=Nc3nc4ccccc4s3)ccc2O)N1c1cc(O)ccc1N=Nc1ccc([N+](=O)[O-])cc1. The van der Waals surface area contributed by atoms with E-state index in [-0.39, 0.29) is 40.2 Å². The summed E-state index contributed by atoms with van der Waals surface area (Å²) in [4.78, 5) is 29.5. The molecule has 0 bridgehead atoms.